The molecule has 6 heterocycles. The zero-order chi connectivity index (χ0) is 50.8. The normalized spacial score (nSPS) is 19.1. The van der Waals surface area contributed by atoms with Crippen LogP contribution in [0.1, 0.15) is 76.6 Å². The molecule has 0 spiro atoms. The number of nitrogens with one attached hydrogen (secondary N) is 1. The van der Waals surface area contributed by atoms with Crippen LogP contribution in [0.2, 0.25) is 0 Å². The maximum Gasteiger partial charge on any atom is 0.318 e. The molecule has 73 heavy (non-hydrogen) atoms. The van der Waals surface area contributed by atoms with Gasteiger partial charge in [-0.15, -0.1) is 0 Å². The van der Waals surface area contributed by atoms with Crippen LogP contribution in [0.15, 0.2) is 67.3 Å². The van der Waals surface area contributed by atoms with Crippen molar-refractivity contribution < 1.29 is 52.8 Å². The highest BCUT2D eigenvalue weighted by Crippen LogP contribution is 2.37. The highest BCUT2D eigenvalue weighted by molar-refractivity contribution is 6.24. The summed E-state index contributed by atoms with van der Waals surface area (Å²) in [6.45, 7) is 15.0. The third-order valence-electron chi connectivity index (χ3n) is 14.2. The number of carbonyl (C=O) groups is 5. The minimum atomic E-state index is -0.993. The van der Waals surface area contributed by atoms with Gasteiger partial charge in [0.25, 0.3) is 11.8 Å². The SMILES string of the molecule is C=CC(=O)N1CCN(c2nc(O[C@H](C)CN3CCC(OCCOCCOCCOCCCc4cccc5c4C(=O)N(C4CCC(=O)NC4=O)C5=O)CC3)nc3c2CCN(c2cc(O)cc4ccccc24)C3)CC1. The smallest absolute Gasteiger partial charge is 0.318 e. The molecule has 9 rings (SSSR count). The number of amides is 5. The molecule has 5 amide bonds. The lowest BCUT2D eigenvalue weighted by Crippen LogP contribution is -2.54. The van der Waals surface area contributed by atoms with Crippen LogP contribution in [0.4, 0.5) is 11.5 Å². The molecule has 5 aliphatic heterocycles. The molecule has 0 aliphatic carbocycles. The number of likely N-dealkylation sites (tertiary alicyclic amines) is 1. The van der Waals surface area contributed by atoms with Crippen molar-refractivity contribution in [2.45, 2.75) is 76.7 Å². The van der Waals surface area contributed by atoms with E-state index in [9.17, 15) is 29.1 Å². The second kappa shape index (κ2) is 24.0. The molecular weight excluding hydrogens is 937 g/mol. The summed E-state index contributed by atoms with van der Waals surface area (Å²) in [5, 5.41) is 14.9. The van der Waals surface area contributed by atoms with Gasteiger partial charge in [0.05, 0.1) is 69.1 Å². The predicted octanol–water partition coefficient (Wildman–Crippen LogP) is 4.06. The summed E-state index contributed by atoms with van der Waals surface area (Å²) in [5.74, 6) is -1.02. The van der Waals surface area contributed by atoms with Gasteiger partial charge in [0.2, 0.25) is 17.7 Å². The molecule has 19 nitrogen and oxygen atoms in total. The van der Waals surface area contributed by atoms with Crippen molar-refractivity contribution in [2.75, 3.05) is 108 Å². The van der Waals surface area contributed by atoms with Crippen molar-refractivity contribution in [3.05, 3.63) is 95.2 Å². The number of aromatic nitrogens is 2. The largest absolute Gasteiger partial charge is 0.508 e. The summed E-state index contributed by atoms with van der Waals surface area (Å²) in [7, 11) is 0. The Hall–Kier alpha value is -6.51. The Morgan fingerprint density at radius 2 is 1.56 bits per heavy atom. The number of fused-ring (bicyclic) bond motifs is 3. The molecule has 0 bridgehead atoms. The van der Waals surface area contributed by atoms with Gasteiger partial charge in [0.1, 0.15) is 23.7 Å². The highest BCUT2D eigenvalue weighted by Gasteiger charge is 2.45. The summed E-state index contributed by atoms with van der Waals surface area (Å²) in [6, 6.07) is 16.2. The minimum absolute atomic E-state index is 0.0636. The summed E-state index contributed by atoms with van der Waals surface area (Å²) >= 11 is 0. The lowest BCUT2D eigenvalue weighted by atomic mass is 9.99. The number of carbonyl (C=O) groups excluding carboxylic acids is 5. The fourth-order valence-corrected chi connectivity index (χ4v) is 10.5. The number of piperidine rings is 2. The number of aromatic hydroxyl groups is 1. The Kier molecular flexibility index (Phi) is 16.9. The van der Waals surface area contributed by atoms with Gasteiger partial charge >= 0.3 is 6.01 Å². The average Bonchev–Trinajstić information content (AvgIpc) is 3.65. The van der Waals surface area contributed by atoms with E-state index in [2.05, 4.69) is 39.6 Å². The number of hydrogen-bond donors (Lipinski definition) is 2. The number of ether oxygens (including phenoxy) is 5. The van der Waals surface area contributed by atoms with Gasteiger partial charge in [-0.2, -0.15) is 9.97 Å². The van der Waals surface area contributed by atoms with E-state index < -0.39 is 29.7 Å². The Morgan fingerprint density at radius 1 is 0.822 bits per heavy atom. The van der Waals surface area contributed by atoms with Crippen LogP contribution < -0.4 is 19.9 Å². The van der Waals surface area contributed by atoms with E-state index >= 15 is 0 Å². The maximum absolute atomic E-state index is 13.3. The zero-order valence-corrected chi connectivity index (χ0v) is 41.6. The summed E-state index contributed by atoms with van der Waals surface area (Å²) < 4.78 is 29.9. The Bertz CT molecular complexity index is 2670. The number of benzene rings is 3. The molecule has 5 aliphatic rings. The molecule has 0 radical (unpaired) electrons. The molecule has 19 heteroatoms. The summed E-state index contributed by atoms with van der Waals surface area (Å²) in [4.78, 5) is 82.6. The molecule has 1 aromatic heterocycles. The Morgan fingerprint density at radius 3 is 2.32 bits per heavy atom. The van der Waals surface area contributed by atoms with E-state index in [0.717, 1.165) is 89.4 Å². The predicted molar refractivity (Wildman–Crippen MR) is 271 cm³/mol. The lowest BCUT2D eigenvalue weighted by Gasteiger charge is -2.38. The third kappa shape index (κ3) is 12.3. The molecular formula is C54H66N8O11. The van der Waals surface area contributed by atoms with Gasteiger partial charge in [0, 0.05) is 88.1 Å². The first-order valence-corrected chi connectivity index (χ1v) is 25.6. The quantitative estimate of drug-likeness (QED) is 0.0647. The van der Waals surface area contributed by atoms with Gasteiger partial charge < -0.3 is 43.5 Å². The maximum atomic E-state index is 13.3. The van der Waals surface area contributed by atoms with Crippen LogP contribution in [-0.2, 0) is 52.7 Å². The van der Waals surface area contributed by atoms with E-state index in [1.165, 1.54) is 6.08 Å². The molecule has 1 unspecified atom stereocenters. The lowest BCUT2D eigenvalue weighted by molar-refractivity contribution is -0.136. The van der Waals surface area contributed by atoms with Gasteiger partial charge in [-0.05, 0) is 74.6 Å². The number of phenolic OH excluding ortho intramolecular Hbond substituents is 1. The van der Waals surface area contributed by atoms with Crippen molar-refractivity contribution >= 4 is 51.8 Å². The van der Waals surface area contributed by atoms with E-state index in [-0.39, 0.29) is 42.3 Å². The first-order chi connectivity index (χ1) is 35.5. The number of hydrogen-bond acceptors (Lipinski definition) is 16. The van der Waals surface area contributed by atoms with Gasteiger partial charge in [0.15, 0.2) is 0 Å². The van der Waals surface area contributed by atoms with Crippen molar-refractivity contribution in [3.8, 4) is 11.8 Å². The number of imide groups is 2. The van der Waals surface area contributed by atoms with E-state index in [0.29, 0.717) is 103 Å². The van der Waals surface area contributed by atoms with E-state index in [1.54, 1.807) is 18.2 Å². The van der Waals surface area contributed by atoms with Crippen LogP contribution in [-0.4, -0.2) is 176 Å². The third-order valence-corrected chi connectivity index (χ3v) is 14.2. The van der Waals surface area contributed by atoms with Gasteiger partial charge in [-0.3, -0.25) is 39.1 Å². The van der Waals surface area contributed by atoms with Crippen molar-refractivity contribution in [2.24, 2.45) is 0 Å². The standard InChI is InChI=1S/C54H66N8O11/c1-3-48(65)59-21-23-60(24-22-59)50-42-17-20-61(46-33-39(63)32-38-8-4-5-11-41(38)46)35-44(42)55-54(57-50)73-36(2)34-58-18-15-40(16-19-58)72-31-30-71-29-28-70-27-26-69-25-7-10-37-9-6-12-43-49(37)53(68)62(52(43)67)45-13-14-47(64)56-51(45)66/h3-6,8-9,11-12,32-33,36,40,45,63H,1,7,10,13-31,34-35H2,2H3,(H,56,64,66)/t36-,45?/m1/s1. The minimum Gasteiger partial charge on any atom is -0.508 e. The average molecular weight is 1000 g/mol. The fraction of sp³-hybridized carbons (Fsp3) is 0.500. The monoisotopic (exact) mass is 1000 g/mol. The number of phenols is 1. The van der Waals surface area contributed by atoms with Crippen molar-refractivity contribution in [1.82, 2.24) is 30.0 Å². The number of anilines is 2. The molecule has 2 N–H and O–H groups in total. The van der Waals surface area contributed by atoms with E-state index in [1.807, 2.05) is 35.2 Å². The van der Waals surface area contributed by atoms with Crippen LogP contribution in [0.3, 0.4) is 0 Å². The summed E-state index contributed by atoms with van der Waals surface area (Å²) in [5.41, 5.74) is 4.28. The number of aryl methyl sites for hydroxylation is 1. The second-order valence-electron chi connectivity index (χ2n) is 19.2. The Balaban J connectivity index is 0.656. The van der Waals surface area contributed by atoms with Crippen molar-refractivity contribution in [3.63, 3.8) is 0 Å². The summed E-state index contributed by atoms with van der Waals surface area (Å²) in [6.07, 6.45) is 5.23. The molecule has 3 aromatic carbocycles. The van der Waals surface area contributed by atoms with Crippen LogP contribution in [0.5, 0.6) is 11.8 Å². The van der Waals surface area contributed by atoms with E-state index in [4.69, 9.17) is 33.7 Å². The fourth-order valence-electron chi connectivity index (χ4n) is 10.5. The molecule has 3 fully saturated rings. The van der Waals surface area contributed by atoms with Gasteiger partial charge in [-0.25, -0.2) is 0 Å². The molecule has 3 saturated heterocycles. The first-order valence-electron chi connectivity index (χ1n) is 25.6. The number of nitrogens with zero attached hydrogens (tertiary/aromatic N) is 7. The number of rotatable bonds is 22. The molecule has 388 valence electrons. The topological polar surface area (TPSA) is 206 Å². The molecule has 4 aromatic rings. The van der Waals surface area contributed by atoms with Crippen LogP contribution in [0.25, 0.3) is 10.8 Å². The highest BCUT2D eigenvalue weighted by atomic mass is 16.6. The van der Waals surface area contributed by atoms with Crippen LogP contribution in [0, 0.1) is 0 Å². The van der Waals surface area contributed by atoms with Crippen molar-refractivity contribution in [1.29, 1.82) is 0 Å². The molecule has 0 saturated carbocycles. The van der Waals surface area contributed by atoms with Crippen LogP contribution >= 0.6 is 0 Å². The second-order valence-corrected chi connectivity index (χ2v) is 19.2. The van der Waals surface area contributed by atoms with Gasteiger partial charge in [-0.1, -0.05) is 43.0 Å². The molecule has 2 atom stereocenters. The Labute approximate surface area is 425 Å². The first kappa shape index (κ1) is 51.4. The zero-order valence-electron chi connectivity index (χ0n) is 41.6. The number of piperazine rings is 1.